The summed E-state index contributed by atoms with van der Waals surface area (Å²) in [5.41, 5.74) is 2.59. The first-order valence-electron chi connectivity index (χ1n) is 7.24. The second kappa shape index (κ2) is 6.68. The average molecular weight is 284 g/mol. The third kappa shape index (κ3) is 5.16. The third-order valence-corrected chi connectivity index (χ3v) is 3.19. The molecule has 2 aromatic rings. The molecule has 0 aliphatic carbocycles. The number of rotatable bonds is 5. The van der Waals surface area contributed by atoms with E-state index in [-0.39, 0.29) is 5.54 Å². The van der Waals surface area contributed by atoms with Crippen molar-refractivity contribution in [2.24, 2.45) is 0 Å². The molecular weight excluding hydrogens is 260 g/mol. The Morgan fingerprint density at radius 3 is 2.38 bits per heavy atom. The van der Waals surface area contributed by atoms with Crippen LogP contribution >= 0.6 is 0 Å². The lowest BCUT2D eigenvalue weighted by Gasteiger charge is -2.22. The van der Waals surface area contributed by atoms with Crippen LogP contribution in [0.5, 0.6) is 0 Å². The van der Waals surface area contributed by atoms with Crippen molar-refractivity contribution in [3.8, 4) is 0 Å². The lowest BCUT2D eigenvalue weighted by Crippen LogP contribution is -2.35. The van der Waals surface area contributed by atoms with E-state index in [2.05, 4.69) is 60.1 Å². The molecule has 4 nitrogen and oxygen atoms in total. The Bertz CT molecular complexity index is 561. The molecule has 0 aliphatic heterocycles. The van der Waals surface area contributed by atoms with Crippen LogP contribution in [0.15, 0.2) is 42.9 Å². The Morgan fingerprint density at radius 2 is 1.71 bits per heavy atom. The molecule has 0 aliphatic rings. The standard InChI is InChI=1S/C17H24N4/c1-17(2,3)20-12-15-7-10-19-16(11-15)21(4)13-14-5-8-18-9-6-14/h5-11,20H,12-13H2,1-4H3. The lowest BCUT2D eigenvalue weighted by atomic mass is 10.1. The third-order valence-electron chi connectivity index (χ3n) is 3.19. The molecule has 0 fully saturated rings. The van der Waals surface area contributed by atoms with Gasteiger partial charge < -0.3 is 10.2 Å². The van der Waals surface area contributed by atoms with Gasteiger partial charge in [0.05, 0.1) is 0 Å². The molecule has 0 bridgehead atoms. The zero-order valence-corrected chi connectivity index (χ0v) is 13.3. The number of pyridine rings is 2. The summed E-state index contributed by atoms with van der Waals surface area (Å²) in [6.45, 7) is 8.19. The molecule has 112 valence electrons. The van der Waals surface area contributed by atoms with Crippen molar-refractivity contribution in [3.63, 3.8) is 0 Å². The summed E-state index contributed by atoms with van der Waals surface area (Å²) in [5, 5.41) is 3.50. The van der Waals surface area contributed by atoms with Gasteiger partial charge in [-0.3, -0.25) is 4.98 Å². The van der Waals surface area contributed by atoms with Crippen LogP contribution in [0, 0.1) is 0 Å². The fraction of sp³-hybridized carbons (Fsp3) is 0.412. The summed E-state index contributed by atoms with van der Waals surface area (Å²) in [7, 11) is 2.06. The fourth-order valence-corrected chi connectivity index (χ4v) is 1.99. The summed E-state index contributed by atoms with van der Waals surface area (Å²) in [5.74, 6) is 0.986. The maximum Gasteiger partial charge on any atom is 0.128 e. The van der Waals surface area contributed by atoms with Crippen molar-refractivity contribution >= 4 is 5.82 Å². The van der Waals surface area contributed by atoms with Gasteiger partial charge >= 0.3 is 0 Å². The van der Waals surface area contributed by atoms with E-state index < -0.39 is 0 Å². The first-order chi connectivity index (χ1) is 9.94. The SMILES string of the molecule is CN(Cc1ccncc1)c1cc(CNC(C)(C)C)ccn1. The smallest absolute Gasteiger partial charge is 0.128 e. The average Bonchev–Trinajstić information content (AvgIpc) is 2.46. The Balaban J connectivity index is 2.03. The Hall–Kier alpha value is -1.94. The first-order valence-corrected chi connectivity index (χ1v) is 7.24. The van der Waals surface area contributed by atoms with Crippen molar-refractivity contribution in [3.05, 3.63) is 54.0 Å². The molecule has 0 spiro atoms. The molecule has 0 unspecified atom stereocenters. The topological polar surface area (TPSA) is 41.1 Å². The predicted octanol–water partition coefficient (Wildman–Crippen LogP) is 3.00. The van der Waals surface area contributed by atoms with E-state index >= 15 is 0 Å². The van der Waals surface area contributed by atoms with E-state index in [0.29, 0.717) is 0 Å². The van der Waals surface area contributed by atoms with E-state index in [1.807, 2.05) is 30.7 Å². The molecule has 4 heteroatoms. The summed E-state index contributed by atoms with van der Waals surface area (Å²) >= 11 is 0. The van der Waals surface area contributed by atoms with Gasteiger partial charge in [0.1, 0.15) is 5.82 Å². The second-order valence-corrected chi connectivity index (χ2v) is 6.34. The Labute approximate surface area is 127 Å². The minimum atomic E-state index is 0.117. The van der Waals surface area contributed by atoms with Gasteiger partial charge in [-0.2, -0.15) is 0 Å². The Morgan fingerprint density at radius 1 is 1.05 bits per heavy atom. The van der Waals surface area contributed by atoms with Crippen LogP contribution in [0.25, 0.3) is 0 Å². The van der Waals surface area contributed by atoms with E-state index in [4.69, 9.17) is 0 Å². The summed E-state index contributed by atoms with van der Waals surface area (Å²) in [6, 6.07) is 8.26. The van der Waals surface area contributed by atoms with Gasteiger partial charge in [-0.1, -0.05) is 0 Å². The van der Waals surface area contributed by atoms with Crippen LogP contribution < -0.4 is 10.2 Å². The normalized spacial score (nSPS) is 11.4. The van der Waals surface area contributed by atoms with Crippen molar-refractivity contribution in [1.82, 2.24) is 15.3 Å². The first kappa shape index (κ1) is 15.4. The number of hydrogen-bond acceptors (Lipinski definition) is 4. The maximum absolute atomic E-state index is 4.46. The zero-order chi connectivity index (χ0) is 15.3. The summed E-state index contributed by atoms with van der Waals surface area (Å²) in [4.78, 5) is 10.7. The lowest BCUT2D eigenvalue weighted by molar-refractivity contribution is 0.424. The van der Waals surface area contributed by atoms with E-state index in [0.717, 1.165) is 18.9 Å². The highest BCUT2D eigenvalue weighted by Crippen LogP contribution is 2.14. The van der Waals surface area contributed by atoms with Gasteiger partial charge in [-0.25, -0.2) is 4.98 Å². The summed E-state index contributed by atoms with van der Waals surface area (Å²) in [6.07, 6.45) is 5.51. The molecule has 0 saturated carbocycles. The highest BCUT2D eigenvalue weighted by atomic mass is 15.2. The number of aromatic nitrogens is 2. The number of nitrogens with zero attached hydrogens (tertiary/aromatic N) is 3. The number of hydrogen-bond donors (Lipinski definition) is 1. The zero-order valence-electron chi connectivity index (χ0n) is 13.3. The molecule has 0 saturated heterocycles. The Kier molecular flexibility index (Phi) is 4.91. The molecule has 0 aromatic carbocycles. The largest absolute Gasteiger partial charge is 0.355 e. The van der Waals surface area contributed by atoms with Crippen LogP contribution in [0.1, 0.15) is 31.9 Å². The van der Waals surface area contributed by atoms with Crippen molar-refractivity contribution in [2.75, 3.05) is 11.9 Å². The fourth-order valence-electron chi connectivity index (χ4n) is 1.99. The number of nitrogens with one attached hydrogen (secondary N) is 1. The monoisotopic (exact) mass is 284 g/mol. The molecule has 21 heavy (non-hydrogen) atoms. The van der Waals surface area contributed by atoms with Gasteiger partial charge in [0.15, 0.2) is 0 Å². The quantitative estimate of drug-likeness (QED) is 0.916. The van der Waals surface area contributed by atoms with E-state index in [1.54, 1.807) is 0 Å². The maximum atomic E-state index is 4.46. The summed E-state index contributed by atoms with van der Waals surface area (Å²) < 4.78 is 0. The highest BCUT2D eigenvalue weighted by molar-refractivity contribution is 5.41. The van der Waals surface area contributed by atoms with Crippen LogP contribution in [-0.2, 0) is 13.1 Å². The number of anilines is 1. The minimum Gasteiger partial charge on any atom is -0.355 e. The van der Waals surface area contributed by atoms with Gasteiger partial charge in [0.2, 0.25) is 0 Å². The van der Waals surface area contributed by atoms with Crippen molar-refractivity contribution in [2.45, 2.75) is 39.4 Å². The molecule has 0 radical (unpaired) electrons. The predicted molar refractivity (Wildman–Crippen MR) is 87.2 cm³/mol. The van der Waals surface area contributed by atoms with Crippen molar-refractivity contribution < 1.29 is 0 Å². The van der Waals surface area contributed by atoms with E-state index in [9.17, 15) is 0 Å². The van der Waals surface area contributed by atoms with Gasteiger partial charge in [0, 0.05) is 44.3 Å². The van der Waals surface area contributed by atoms with Crippen LogP contribution in [-0.4, -0.2) is 22.6 Å². The van der Waals surface area contributed by atoms with Crippen LogP contribution in [0.4, 0.5) is 5.82 Å². The highest BCUT2D eigenvalue weighted by Gasteiger charge is 2.09. The van der Waals surface area contributed by atoms with Crippen molar-refractivity contribution in [1.29, 1.82) is 0 Å². The molecule has 2 rings (SSSR count). The van der Waals surface area contributed by atoms with Gasteiger partial charge in [0.25, 0.3) is 0 Å². The minimum absolute atomic E-state index is 0.117. The van der Waals surface area contributed by atoms with Crippen LogP contribution in [0.2, 0.25) is 0 Å². The van der Waals surface area contributed by atoms with Gasteiger partial charge in [-0.05, 0) is 56.2 Å². The second-order valence-electron chi connectivity index (χ2n) is 6.34. The molecule has 0 atom stereocenters. The van der Waals surface area contributed by atoms with Gasteiger partial charge in [-0.15, -0.1) is 0 Å². The van der Waals surface area contributed by atoms with E-state index in [1.165, 1.54) is 11.1 Å². The molecule has 1 N–H and O–H groups in total. The molecule has 2 heterocycles. The molecule has 0 amide bonds. The van der Waals surface area contributed by atoms with Crippen LogP contribution in [0.3, 0.4) is 0 Å². The molecule has 2 aromatic heterocycles. The molecular formula is C17H24N4.